The number of aromatic amines is 1. The Morgan fingerprint density at radius 1 is 1.04 bits per heavy atom. The van der Waals surface area contributed by atoms with E-state index >= 15 is 0 Å². The minimum atomic E-state index is 0.397. The molecule has 5 aromatic rings. The number of rotatable bonds is 2. The Balaban J connectivity index is 1.57. The van der Waals surface area contributed by atoms with E-state index in [0.29, 0.717) is 27.5 Å². The summed E-state index contributed by atoms with van der Waals surface area (Å²) in [6.45, 7) is 0. The molecule has 0 aliphatic heterocycles. The summed E-state index contributed by atoms with van der Waals surface area (Å²) in [6, 6.07) is 11.4. The van der Waals surface area contributed by atoms with Crippen LogP contribution in [0.2, 0.25) is 10.0 Å². The van der Waals surface area contributed by atoms with Crippen molar-refractivity contribution < 1.29 is 4.52 Å². The van der Waals surface area contributed by atoms with Crippen LogP contribution in [-0.4, -0.2) is 24.9 Å². The van der Waals surface area contributed by atoms with E-state index in [0.717, 1.165) is 27.4 Å². The third-order valence-corrected chi connectivity index (χ3v) is 5.05. The van der Waals surface area contributed by atoms with Gasteiger partial charge < -0.3 is 9.51 Å². The molecule has 3 aromatic heterocycles. The zero-order valence-electron chi connectivity index (χ0n) is 13.5. The summed E-state index contributed by atoms with van der Waals surface area (Å²) in [6.07, 6.45) is 1.82. The molecule has 0 saturated carbocycles. The van der Waals surface area contributed by atoms with E-state index in [9.17, 15) is 0 Å². The Bertz CT molecular complexity index is 1240. The fourth-order valence-corrected chi connectivity index (χ4v) is 3.31. The first-order valence-corrected chi connectivity index (χ1v) is 8.58. The predicted molar refractivity (Wildman–Crippen MR) is 101 cm³/mol. The number of nitrogens with one attached hydrogen (secondary N) is 1. The molecule has 0 atom stereocenters. The highest BCUT2D eigenvalue weighted by molar-refractivity contribution is 6.42. The molecule has 6 nitrogen and oxygen atoms in total. The number of H-pyrrole nitrogens is 1. The predicted octanol–water partition coefficient (Wildman–Crippen LogP) is 5.08. The molecule has 26 heavy (non-hydrogen) atoms. The van der Waals surface area contributed by atoms with E-state index in [1.807, 2.05) is 42.2 Å². The van der Waals surface area contributed by atoms with Gasteiger partial charge in [-0.2, -0.15) is 10.1 Å². The third kappa shape index (κ3) is 2.38. The van der Waals surface area contributed by atoms with Crippen LogP contribution >= 0.6 is 23.2 Å². The molecule has 0 bridgehead atoms. The van der Waals surface area contributed by atoms with Gasteiger partial charge in [0.2, 0.25) is 5.82 Å². The van der Waals surface area contributed by atoms with Gasteiger partial charge in [-0.15, -0.1) is 0 Å². The summed E-state index contributed by atoms with van der Waals surface area (Å²) in [5.41, 5.74) is 3.42. The summed E-state index contributed by atoms with van der Waals surface area (Å²) in [5, 5.41) is 11.3. The third-order valence-electron chi connectivity index (χ3n) is 4.33. The van der Waals surface area contributed by atoms with Crippen LogP contribution in [0.3, 0.4) is 0 Å². The van der Waals surface area contributed by atoms with E-state index in [1.54, 1.807) is 12.1 Å². The van der Waals surface area contributed by atoms with E-state index in [-0.39, 0.29) is 0 Å². The molecule has 0 amide bonds. The minimum Gasteiger partial charge on any atom is -0.350 e. The van der Waals surface area contributed by atoms with Crippen molar-refractivity contribution in [1.82, 2.24) is 24.9 Å². The molecule has 1 N–H and O–H groups in total. The Morgan fingerprint density at radius 3 is 2.77 bits per heavy atom. The SMILES string of the molecule is Cn1ncc2ccc(-c3noc(-c4cc5cc(Cl)c(Cl)cc5[nH]4)n3)cc21. The maximum absolute atomic E-state index is 6.07. The summed E-state index contributed by atoms with van der Waals surface area (Å²) < 4.78 is 7.25. The standard InChI is InChI=1S/C18H11Cl2N5O/c1-25-16-6-9(2-3-10(16)8-21-25)17-23-18(26-24-17)15-5-11-4-12(19)13(20)7-14(11)22-15/h2-8,22H,1H3. The second kappa shape index (κ2) is 5.59. The molecule has 0 spiro atoms. The van der Waals surface area contributed by atoms with Crippen molar-refractivity contribution in [3.8, 4) is 23.0 Å². The first kappa shape index (κ1) is 15.4. The number of halogens is 2. The molecule has 5 rings (SSSR count). The molecule has 0 aliphatic carbocycles. The maximum atomic E-state index is 6.07. The lowest BCUT2D eigenvalue weighted by Gasteiger charge is -1.97. The molecule has 3 heterocycles. The van der Waals surface area contributed by atoms with Crippen LogP contribution in [0.25, 0.3) is 44.8 Å². The van der Waals surface area contributed by atoms with Crippen LogP contribution < -0.4 is 0 Å². The molecule has 0 saturated heterocycles. The first-order chi connectivity index (χ1) is 12.6. The molecule has 2 aromatic carbocycles. The maximum Gasteiger partial charge on any atom is 0.274 e. The lowest BCUT2D eigenvalue weighted by atomic mass is 10.1. The zero-order valence-corrected chi connectivity index (χ0v) is 15.0. The van der Waals surface area contributed by atoms with Gasteiger partial charge in [0.05, 0.1) is 21.8 Å². The highest BCUT2D eigenvalue weighted by atomic mass is 35.5. The monoisotopic (exact) mass is 383 g/mol. The fourth-order valence-electron chi connectivity index (χ4n) is 2.98. The number of aryl methyl sites for hydroxylation is 1. The number of fused-ring (bicyclic) bond motifs is 2. The van der Waals surface area contributed by atoms with Gasteiger partial charge >= 0.3 is 0 Å². The van der Waals surface area contributed by atoms with Gasteiger partial charge in [0.15, 0.2) is 0 Å². The minimum absolute atomic E-state index is 0.397. The summed E-state index contributed by atoms with van der Waals surface area (Å²) in [5.74, 6) is 0.909. The van der Waals surface area contributed by atoms with Crippen molar-refractivity contribution in [1.29, 1.82) is 0 Å². The molecular weight excluding hydrogens is 373 g/mol. The Labute approximate surface area is 157 Å². The van der Waals surface area contributed by atoms with E-state index in [4.69, 9.17) is 27.7 Å². The summed E-state index contributed by atoms with van der Waals surface area (Å²) >= 11 is 12.1. The van der Waals surface area contributed by atoms with Crippen molar-refractivity contribution >= 4 is 45.0 Å². The average Bonchev–Trinajstić information content (AvgIpc) is 3.34. The van der Waals surface area contributed by atoms with Crippen LogP contribution in [0.1, 0.15) is 0 Å². The number of hydrogen-bond donors (Lipinski definition) is 1. The number of nitrogens with zero attached hydrogens (tertiary/aromatic N) is 4. The first-order valence-electron chi connectivity index (χ1n) is 7.82. The number of aromatic nitrogens is 5. The second-order valence-corrected chi connectivity index (χ2v) is 6.82. The molecule has 0 radical (unpaired) electrons. The van der Waals surface area contributed by atoms with Crippen LogP contribution in [0, 0.1) is 0 Å². The molecule has 0 unspecified atom stereocenters. The fraction of sp³-hybridized carbons (Fsp3) is 0.0556. The topological polar surface area (TPSA) is 72.5 Å². The average molecular weight is 384 g/mol. The summed E-state index contributed by atoms with van der Waals surface area (Å²) in [7, 11) is 1.90. The van der Waals surface area contributed by atoms with Crippen molar-refractivity contribution in [2.45, 2.75) is 0 Å². The highest BCUT2D eigenvalue weighted by Crippen LogP contribution is 2.31. The molecule has 128 valence electrons. The lowest BCUT2D eigenvalue weighted by Crippen LogP contribution is -1.89. The molecule has 8 heteroatoms. The van der Waals surface area contributed by atoms with Gasteiger partial charge in [-0.1, -0.05) is 40.5 Å². The van der Waals surface area contributed by atoms with Gasteiger partial charge in [-0.3, -0.25) is 4.68 Å². The summed E-state index contributed by atoms with van der Waals surface area (Å²) in [4.78, 5) is 7.73. The Hall–Kier alpha value is -2.83. The van der Waals surface area contributed by atoms with Gasteiger partial charge in [0, 0.05) is 28.9 Å². The molecule has 0 fully saturated rings. The van der Waals surface area contributed by atoms with Gasteiger partial charge in [0.25, 0.3) is 5.89 Å². The largest absolute Gasteiger partial charge is 0.350 e. The smallest absolute Gasteiger partial charge is 0.274 e. The van der Waals surface area contributed by atoms with E-state index in [2.05, 4.69) is 20.2 Å². The van der Waals surface area contributed by atoms with Gasteiger partial charge in [-0.25, -0.2) is 0 Å². The van der Waals surface area contributed by atoms with Crippen LogP contribution in [-0.2, 0) is 7.05 Å². The van der Waals surface area contributed by atoms with Crippen molar-refractivity contribution in [2.75, 3.05) is 0 Å². The second-order valence-electron chi connectivity index (χ2n) is 6.00. The van der Waals surface area contributed by atoms with Crippen molar-refractivity contribution in [3.63, 3.8) is 0 Å². The quantitative estimate of drug-likeness (QED) is 0.461. The lowest BCUT2D eigenvalue weighted by molar-refractivity contribution is 0.431. The van der Waals surface area contributed by atoms with Gasteiger partial charge in [-0.05, 0) is 24.3 Å². The van der Waals surface area contributed by atoms with Crippen LogP contribution in [0.15, 0.2) is 47.1 Å². The van der Waals surface area contributed by atoms with Crippen LogP contribution in [0.5, 0.6) is 0 Å². The zero-order chi connectivity index (χ0) is 17.8. The van der Waals surface area contributed by atoms with E-state index < -0.39 is 0 Å². The number of benzene rings is 2. The van der Waals surface area contributed by atoms with Crippen molar-refractivity contribution in [3.05, 3.63) is 52.6 Å². The highest BCUT2D eigenvalue weighted by Gasteiger charge is 2.14. The van der Waals surface area contributed by atoms with Gasteiger partial charge in [0.1, 0.15) is 5.69 Å². The van der Waals surface area contributed by atoms with E-state index in [1.165, 1.54) is 0 Å². The number of hydrogen-bond acceptors (Lipinski definition) is 4. The van der Waals surface area contributed by atoms with Crippen molar-refractivity contribution in [2.24, 2.45) is 7.05 Å². The Morgan fingerprint density at radius 2 is 1.88 bits per heavy atom. The molecular formula is C18H11Cl2N5O. The Kier molecular flexibility index (Phi) is 3.32. The normalized spacial score (nSPS) is 11.7. The van der Waals surface area contributed by atoms with Crippen LogP contribution in [0.4, 0.5) is 0 Å². The molecule has 0 aliphatic rings.